The van der Waals surface area contributed by atoms with Crippen LogP contribution in [0.2, 0.25) is 0 Å². The molecule has 0 saturated heterocycles. The van der Waals surface area contributed by atoms with Gasteiger partial charge in [0.1, 0.15) is 6.61 Å². The smallest absolute Gasteiger partial charge is 0.411 e. The molecule has 3 nitrogen and oxygen atoms in total. The molecule has 0 rings (SSSR count). The summed E-state index contributed by atoms with van der Waals surface area (Å²) in [6.07, 6.45) is -4.57. The van der Waals surface area contributed by atoms with E-state index >= 15 is 0 Å². The van der Waals surface area contributed by atoms with E-state index in [0.717, 1.165) is 0 Å². The Balaban J connectivity index is 3.28. The van der Waals surface area contributed by atoms with Gasteiger partial charge in [-0.15, -0.1) is 0 Å². The highest BCUT2D eigenvalue weighted by molar-refractivity contribution is 7.36. The van der Waals surface area contributed by atoms with E-state index in [1.165, 1.54) is 0 Å². The molecular formula is C2H2F3O3P-2. The summed E-state index contributed by atoms with van der Waals surface area (Å²) in [7, 11) is -3.38. The average molecular weight is 162 g/mol. The van der Waals surface area contributed by atoms with Crippen LogP contribution in [0.4, 0.5) is 13.2 Å². The Hall–Kier alpha value is 0.100. The van der Waals surface area contributed by atoms with Crippen molar-refractivity contribution in [1.29, 1.82) is 0 Å². The van der Waals surface area contributed by atoms with Crippen LogP contribution in [0.15, 0.2) is 0 Å². The van der Waals surface area contributed by atoms with Crippen molar-refractivity contribution in [3.8, 4) is 0 Å². The maximum atomic E-state index is 11.0. The molecule has 0 fully saturated rings. The number of hydrogen-bond acceptors (Lipinski definition) is 3. The van der Waals surface area contributed by atoms with E-state index in [-0.39, 0.29) is 0 Å². The largest absolute Gasteiger partial charge is 0.820 e. The fraction of sp³-hybridized carbons (Fsp3) is 1.00. The third-order valence-electron chi connectivity index (χ3n) is 0.334. The van der Waals surface area contributed by atoms with Crippen LogP contribution in [0.1, 0.15) is 0 Å². The predicted octanol–water partition coefficient (Wildman–Crippen LogP) is -0.487. The van der Waals surface area contributed by atoms with Gasteiger partial charge in [0.15, 0.2) is 0 Å². The lowest BCUT2D eigenvalue weighted by atomic mass is 10.7. The Morgan fingerprint density at radius 1 is 1.33 bits per heavy atom. The van der Waals surface area contributed by atoms with Crippen LogP contribution in [0, 0.1) is 0 Å². The van der Waals surface area contributed by atoms with E-state index < -0.39 is 21.4 Å². The molecule has 0 N–H and O–H groups in total. The van der Waals surface area contributed by atoms with Gasteiger partial charge >= 0.3 is 6.18 Å². The number of halogens is 3. The van der Waals surface area contributed by atoms with Crippen molar-refractivity contribution in [3.05, 3.63) is 0 Å². The minimum atomic E-state index is -4.57. The van der Waals surface area contributed by atoms with Crippen molar-refractivity contribution in [2.75, 3.05) is 6.61 Å². The summed E-state index contributed by atoms with van der Waals surface area (Å²) >= 11 is 0. The first kappa shape index (κ1) is 9.10. The second-order valence-electron chi connectivity index (χ2n) is 1.11. The minimum Gasteiger partial charge on any atom is -0.820 e. The van der Waals surface area contributed by atoms with Crippen molar-refractivity contribution < 1.29 is 27.5 Å². The topological polar surface area (TPSA) is 55.3 Å². The molecular weight excluding hydrogens is 160 g/mol. The molecule has 0 radical (unpaired) electrons. The molecule has 56 valence electrons. The van der Waals surface area contributed by atoms with Crippen LogP contribution in [0.5, 0.6) is 0 Å². The Morgan fingerprint density at radius 2 is 1.78 bits per heavy atom. The summed E-state index contributed by atoms with van der Waals surface area (Å²) in [6, 6.07) is 0. The molecule has 7 heteroatoms. The highest BCUT2D eigenvalue weighted by Crippen LogP contribution is 2.21. The fourth-order valence-corrected chi connectivity index (χ4v) is 0.378. The highest BCUT2D eigenvalue weighted by atomic mass is 31.2. The second kappa shape index (κ2) is 3.31. The Kier molecular flexibility index (Phi) is 3.35. The number of alkyl halides is 3. The van der Waals surface area contributed by atoms with Crippen molar-refractivity contribution in [2.45, 2.75) is 6.18 Å². The summed E-state index contributed by atoms with van der Waals surface area (Å²) in [5.74, 6) is 0. The van der Waals surface area contributed by atoms with Gasteiger partial charge in [-0.3, -0.25) is 0 Å². The zero-order chi connectivity index (χ0) is 7.49. The molecule has 0 unspecified atom stereocenters. The van der Waals surface area contributed by atoms with E-state index in [4.69, 9.17) is 0 Å². The third-order valence-corrected chi connectivity index (χ3v) is 0.674. The lowest BCUT2D eigenvalue weighted by Crippen LogP contribution is -2.20. The van der Waals surface area contributed by atoms with Gasteiger partial charge in [0, 0.05) is 0 Å². The summed E-state index contributed by atoms with van der Waals surface area (Å²) in [6.45, 7) is -1.74. The quantitative estimate of drug-likeness (QED) is 0.515. The average Bonchev–Trinajstić information content (AvgIpc) is 1.59. The monoisotopic (exact) mass is 162 g/mol. The van der Waals surface area contributed by atoms with E-state index in [1.807, 2.05) is 0 Å². The minimum absolute atomic E-state index is 1.74. The Labute approximate surface area is 50.1 Å². The summed E-state index contributed by atoms with van der Waals surface area (Å²) in [4.78, 5) is 18.7. The third kappa shape index (κ3) is 8.10. The standard InChI is InChI=1S/C2H2F3O3P/c3-2(4,5)1-8-9(6)7/h1H2/q-2. The fourth-order valence-electron chi connectivity index (χ4n) is 0.126. The summed E-state index contributed by atoms with van der Waals surface area (Å²) in [5.41, 5.74) is 0. The van der Waals surface area contributed by atoms with Gasteiger partial charge in [-0.2, -0.15) is 21.8 Å². The molecule has 0 aliphatic rings. The molecule has 0 amide bonds. The molecule has 0 spiro atoms. The lowest BCUT2D eigenvalue weighted by molar-refractivity contribution is -0.324. The van der Waals surface area contributed by atoms with Crippen LogP contribution in [0.25, 0.3) is 0 Å². The van der Waals surface area contributed by atoms with Gasteiger partial charge in [0.25, 0.3) is 0 Å². The number of hydrogen-bond donors (Lipinski definition) is 0. The van der Waals surface area contributed by atoms with Crippen molar-refractivity contribution >= 4 is 8.60 Å². The van der Waals surface area contributed by atoms with Crippen molar-refractivity contribution in [2.24, 2.45) is 0 Å². The summed E-state index contributed by atoms with van der Waals surface area (Å²) in [5, 5.41) is 0. The van der Waals surface area contributed by atoms with E-state index in [0.29, 0.717) is 0 Å². The summed E-state index contributed by atoms with van der Waals surface area (Å²) < 4.78 is 36.3. The van der Waals surface area contributed by atoms with Crippen LogP contribution in [-0.4, -0.2) is 12.8 Å². The maximum Gasteiger partial charge on any atom is 0.411 e. The Morgan fingerprint density at radius 3 is 1.89 bits per heavy atom. The van der Waals surface area contributed by atoms with Gasteiger partial charge in [-0.05, 0) is 0 Å². The molecule has 0 heterocycles. The van der Waals surface area contributed by atoms with Gasteiger partial charge in [-0.25, -0.2) is 0 Å². The van der Waals surface area contributed by atoms with Crippen LogP contribution in [-0.2, 0) is 4.52 Å². The first-order chi connectivity index (χ1) is 3.92. The molecule has 0 aliphatic carbocycles. The second-order valence-corrected chi connectivity index (χ2v) is 1.82. The first-order valence-electron chi connectivity index (χ1n) is 1.76. The van der Waals surface area contributed by atoms with Crippen LogP contribution in [0.3, 0.4) is 0 Å². The van der Waals surface area contributed by atoms with E-state index in [2.05, 4.69) is 4.52 Å². The van der Waals surface area contributed by atoms with Crippen LogP contribution >= 0.6 is 8.60 Å². The van der Waals surface area contributed by atoms with Crippen molar-refractivity contribution in [1.82, 2.24) is 0 Å². The van der Waals surface area contributed by atoms with Crippen LogP contribution < -0.4 is 9.79 Å². The SMILES string of the molecule is [O-]P([O-])OCC(F)(F)F. The van der Waals surface area contributed by atoms with Gasteiger partial charge in [-0.1, -0.05) is 0 Å². The zero-order valence-electron chi connectivity index (χ0n) is 4.01. The first-order valence-corrected chi connectivity index (χ1v) is 2.85. The van der Waals surface area contributed by atoms with Gasteiger partial charge in [0.2, 0.25) is 0 Å². The maximum absolute atomic E-state index is 11.0. The molecule has 0 saturated carbocycles. The lowest BCUT2D eigenvalue weighted by Gasteiger charge is -2.29. The highest BCUT2D eigenvalue weighted by Gasteiger charge is 2.26. The molecule has 0 bridgehead atoms. The predicted molar refractivity (Wildman–Crippen MR) is 18.9 cm³/mol. The Bertz CT molecular complexity index is 81.6. The molecule has 0 aromatic carbocycles. The van der Waals surface area contributed by atoms with Crippen molar-refractivity contribution in [3.63, 3.8) is 0 Å². The number of rotatable bonds is 2. The van der Waals surface area contributed by atoms with Gasteiger partial charge < -0.3 is 14.3 Å². The van der Waals surface area contributed by atoms with Gasteiger partial charge in [0.05, 0.1) is 0 Å². The normalized spacial score (nSPS) is 12.7. The van der Waals surface area contributed by atoms with E-state index in [9.17, 15) is 23.0 Å². The van der Waals surface area contributed by atoms with E-state index in [1.54, 1.807) is 0 Å². The molecule has 9 heavy (non-hydrogen) atoms. The molecule has 0 aromatic heterocycles. The zero-order valence-corrected chi connectivity index (χ0v) is 4.91. The molecule has 0 atom stereocenters. The molecule has 0 aliphatic heterocycles. The molecule has 0 aromatic rings.